The van der Waals surface area contributed by atoms with Crippen molar-refractivity contribution >= 4 is 5.91 Å². The molecule has 1 aromatic heterocycles. The Morgan fingerprint density at radius 3 is 3.00 bits per heavy atom. The highest BCUT2D eigenvalue weighted by molar-refractivity contribution is 5.93. The Morgan fingerprint density at radius 1 is 1.68 bits per heavy atom. The SMILES string of the molecule is CC(O)C1CCN(Cc2ccc(C(=O)NN)cn2)C1. The van der Waals surface area contributed by atoms with Crippen molar-refractivity contribution in [2.45, 2.75) is 26.0 Å². The van der Waals surface area contributed by atoms with E-state index >= 15 is 0 Å². The fourth-order valence-electron chi connectivity index (χ4n) is 2.36. The number of hydrogen-bond acceptors (Lipinski definition) is 5. The average Bonchev–Trinajstić information content (AvgIpc) is 2.87. The van der Waals surface area contributed by atoms with Crippen molar-refractivity contribution < 1.29 is 9.90 Å². The van der Waals surface area contributed by atoms with Crippen LogP contribution in [0.4, 0.5) is 0 Å². The first-order valence-electron chi connectivity index (χ1n) is 6.46. The van der Waals surface area contributed by atoms with Gasteiger partial charge >= 0.3 is 0 Å². The topological polar surface area (TPSA) is 91.5 Å². The lowest BCUT2D eigenvalue weighted by molar-refractivity contribution is 0.0953. The van der Waals surface area contributed by atoms with Crippen LogP contribution in [0.5, 0.6) is 0 Å². The number of nitrogens with zero attached hydrogens (tertiary/aromatic N) is 2. The Hall–Kier alpha value is -1.50. The lowest BCUT2D eigenvalue weighted by atomic mass is 10.0. The summed E-state index contributed by atoms with van der Waals surface area (Å²) in [5.74, 6) is 5.07. The number of aromatic nitrogens is 1. The molecular weight excluding hydrogens is 244 g/mol. The van der Waals surface area contributed by atoms with Crippen LogP contribution >= 0.6 is 0 Å². The summed E-state index contributed by atoms with van der Waals surface area (Å²) in [5, 5.41) is 9.56. The summed E-state index contributed by atoms with van der Waals surface area (Å²) >= 11 is 0. The van der Waals surface area contributed by atoms with Gasteiger partial charge in [-0.3, -0.25) is 20.1 Å². The zero-order chi connectivity index (χ0) is 13.8. The molecule has 4 N–H and O–H groups in total. The van der Waals surface area contributed by atoms with Crippen LogP contribution in [0.3, 0.4) is 0 Å². The second-order valence-corrected chi connectivity index (χ2v) is 5.04. The fourth-order valence-corrected chi connectivity index (χ4v) is 2.36. The zero-order valence-electron chi connectivity index (χ0n) is 11.0. The van der Waals surface area contributed by atoms with Crippen LogP contribution in [-0.4, -0.2) is 40.1 Å². The molecule has 0 spiro atoms. The number of hydrazine groups is 1. The maximum absolute atomic E-state index is 11.3. The summed E-state index contributed by atoms with van der Waals surface area (Å²) in [4.78, 5) is 17.8. The van der Waals surface area contributed by atoms with Crippen molar-refractivity contribution in [2.24, 2.45) is 11.8 Å². The first-order chi connectivity index (χ1) is 9.10. The van der Waals surface area contributed by atoms with Gasteiger partial charge < -0.3 is 5.11 Å². The van der Waals surface area contributed by atoms with Crippen LogP contribution < -0.4 is 11.3 Å². The van der Waals surface area contributed by atoms with E-state index in [1.54, 1.807) is 6.07 Å². The van der Waals surface area contributed by atoms with E-state index in [9.17, 15) is 9.90 Å². The Balaban J connectivity index is 1.92. The van der Waals surface area contributed by atoms with Gasteiger partial charge in [0.05, 0.1) is 17.4 Å². The molecule has 2 rings (SSSR count). The molecule has 19 heavy (non-hydrogen) atoms. The molecule has 0 bridgehead atoms. The summed E-state index contributed by atoms with van der Waals surface area (Å²) in [6, 6.07) is 3.55. The maximum Gasteiger partial charge on any atom is 0.266 e. The molecule has 1 saturated heterocycles. The van der Waals surface area contributed by atoms with Crippen LogP contribution in [-0.2, 0) is 6.54 Å². The van der Waals surface area contributed by atoms with Crippen molar-refractivity contribution in [2.75, 3.05) is 13.1 Å². The number of rotatable bonds is 4. The van der Waals surface area contributed by atoms with Crippen LogP contribution in [0.1, 0.15) is 29.4 Å². The van der Waals surface area contributed by atoms with Gasteiger partial charge in [-0.2, -0.15) is 0 Å². The number of nitrogens with one attached hydrogen (secondary N) is 1. The minimum absolute atomic E-state index is 0.256. The molecule has 0 saturated carbocycles. The second kappa shape index (κ2) is 6.10. The van der Waals surface area contributed by atoms with Crippen molar-refractivity contribution in [1.29, 1.82) is 0 Å². The van der Waals surface area contributed by atoms with E-state index in [-0.39, 0.29) is 12.0 Å². The molecule has 1 aliphatic rings. The predicted octanol–water partition coefficient (Wildman–Crippen LogP) is -0.112. The van der Waals surface area contributed by atoms with Gasteiger partial charge in [0, 0.05) is 19.3 Å². The fraction of sp³-hybridized carbons (Fsp3) is 0.538. The smallest absolute Gasteiger partial charge is 0.266 e. The standard InChI is InChI=1S/C13H20N4O2/c1-9(18)11-4-5-17(7-11)8-12-3-2-10(6-15-12)13(19)16-14/h2-3,6,9,11,18H,4-5,7-8,14H2,1H3,(H,16,19). The third-order valence-electron chi connectivity index (χ3n) is 3.59. The van der Waals surface area contributed by atoms with E-state index in [0.29, 0.717) is 11.5 Å². The highest BCUT2D eigenvalue weighted by atomic mass is 16.3. The number of carbonyl (C=O) groups is 1. The van der Waals surface area contributed by atoms with Gasteiger partial charge in [-0.15, -0.1) is 0 Å². The molecule has 2 unspecified atom stereocenters. The van der Waals surface area contributed by atoms with E-state index in [1.807, 2.05) is 13.0 Å². The maximum atomic E-state index is 11.3. The van der Waals surface area contributed by atoms with Crippen molar-refractivity contribution in [3.8, 4) is 0 Å². The molecule has 0 radical (unpaired) electrons. The first-order valence-corrected chi connectivity index (χ1v) is 6.46. The van der Waals surface area contributed by atoms with E-state index in [1.165, 1.54) is 6.20 Å². The molecule has 1 aliphatic heterocycles. The monoisotopic (exact) mass is 264 g/mol. The summed E-state index contributed by atoms with van der Waals surface area (Å²) < 4.78 is 0. The minimum atomic E-state index is -0.339. The number of nitrogen functional groups attached to an aromatic ring is 1. The lowest BCUT2D eigenvalue weighted by Gasteiger charge is -2.16. The largest absolute Gasteiger partial charge is 0.393 e. The number of likely N-dealkylation sites (tertiary alicyclic amines) is 1. The zero-order valence-corrected chi connectivity index (χ0v) is 11.0. The number of amides is 1. The molecule has 104 valence electrons. The Kier molecular flexibility index (Phi) is 4.47. The van der Waals surface area contributed by atoms with Gasteiger partial charge in [0.1, 0.15) is 0 Å². The Morgan fingerprint density at radius 2 is 2.47 bits per heavy atom. The Labute approximate surface area is 112 Å². The van der Waals surface area contributed by atoms with Crippen molar-refractivity contribution in [3.05, 3.63) is 29.6 Å². The van der Waals surface area contributed by atoms with Crippen molar-refractivity contribution in [1.82, 2.24) is 15.3 Å². The number of aliphatic hydroxyl groups excluding tert-OH is 1. The molecule has 1 aromatic rings. The van der Waals surface area contributed by atoms with Gasteiger partial charge in [0.25, 0.3) is 5.91 Å². The van der Waals surface area contributed by atoms with Crippen molar-refractivity contribution in [3.63, 3.8) is 0 Å². The highest BCUT2D eigenvalue weighted by Crippen LogP contribution is 2.20. The van der Waals surface area contributed by atoms with Gasteiger partial charge in [-0.1, -0.05) is 0 Å². The summed E-state index contributed by atoms with van der Waals surface area (Å²) in [7, 11) is 0. The summed E-state index contributed by atoms with van der Waals surface area (Å²) in [5.41, 5.74) is 3.44. The Bertz CT molecular complexity index is 433. The number of carbonyl (C=O) groups excluding carboxylic acids is 1. The van der Waals surface area contributed by atoms with Crippen LogP contribution in [0.25, 0.3) is 0 Å². The highest BCUT2D eigenvalue weighted by Gasteiger charge is 2.25. The molecule has 1 fully saturated rings. The predicted molar refractivity (Wildman–Crippen MR) is 71.0 cm³/mol. The summed E-state index contributed by atoms with van der Waals surface area (Å²) in [6.07, 6.45) is 2.29. The van der Waals surface area contributed by atoms with E-state index in [0.717, 1.165) is 31.7 Å². The van der Waals surface area contributed by atoms with Gasteiger partial charge in [-0.25, -0.2) is 5.84 Å². The summed E-state index contributed by atoms with van der Waals surface area (Å²) in [6.45, 7) is 4.45. The molecule has 1 amide bonds. The average molecular weight is 264 g/mol. The van der Waals surface area contributed by atoms with E-state index < -0.39 is 0 Å². The van der Waals surface area contributed by atoms with E-state index in [4.69, 9.17) is 5.84 Å². The molecule has 6 heteroatoms. The van der Waals surface area contributed by atoms with Crippen LogP contribution in [0.2, 0.25) is 0 Å². The first kappa shape index (κ1) is 13.9. The number of nitrogens with two attached hydrogens (primary N) is 1. The number of aliphatic hydroxyl groups is 1. The quantitative estimate of drug-likeness (QED) is 0.401. The van der Waals surface area contributed by atoms with Gasteiger partial charge in [0.2, 0.25) is 0 Å². The molecule has 2 heterocycles. The van der Waals surface area contributed by atoms with Gasteiger partial charge in [0.15, 0.2) is 0 Å². The second-order valence-electron chi connectivity index (χ2n) is 5.04. The van der Waals surface area contributed by atoms with Gasteiger partial charge in [-0.05, 0) is 37.9 Å². The molecule has 0 aromatic carbocycles. The third-order valence-corrected chi connectivity index (χ3v) is 3.59. The third kappa shape index (κ3) is 3.50. The normalized spacial score (nSPS) is 21.3. The number of pyridine rings is 1. The minimum Gasteiger partial charge on any atom is -0.393 e. The number of hydrogen-bond donors (Lipinski definition) is 3. The lowest BCUT2D eigenvalue weighted by Crippen LogP contribution is -2.30. The van der Waals surface area contributed by atoms with E-state index in [2.05, 4.69) is 15.3 Å². The molecular formula is C13H20N4O2. The molecule has 2 atom stereocenters. The molecule has 0 aliphatic carbocycles. The van der Waals surface area contributed by atoms with Crippen LogP contribution in [0.15, 0.2) is 18.3 Å². The van der Waals surface area contributed by atoms with Crippen LogP contribution in [0, 0.1) is 5.92 Å². The molecule has 6 nitrogen and oxygen atoms in total.